The van der Waals surface area contributed by atoms with Gasteiger partial charge in [0.2, 0.25) is 5.91 Å². The van der Waals surface area contributed by atoms with Crippen molar-refractivity contribution in [2.24, 2.45) is 0 Å². The molecule has 1 N–H and O–H groups in total. The molecule has 0 aromatic rings. The van der Waals surface area contributed by atoms with Crippen LogP contribution in [0.2, 0.25) is 0 Å². The second-order valence-corrected chi connectivity index (χ2v) is 7.20. The van der Waals surface area contributed by atoms with Crippen LogP contribution in [0.3, 0.4) is 0 Å². The SMILES string of the molecule is CC1OCCC1NCC(=O)N1CCN(C(=O)OC(C)(C)C)CC1. The first-order valence-corrected chi connectivity index (χ1v) is 8.37. The minimum Gasteiger partial charge on any atom is -0.444 e. The quantitative estimate of drug-likeness (QED) is 0.831. The second-order valence-electron chi connectivity index (χ2n) is 7.20. The number of rotatable bonds is 3. The summed E-state index contributed by atoms with van der Waals surface area (Å²) in [5, 5.41) is 3.27. The van der Waals surface area contributed by atoms with Gasteiger partial charge in [-0.1, -0.05) is 0 Å². The van der Waals surface area contributed by atoms with Crippen LogP contribution in [0, 0.1) is 0 Å². The molecular formula is C16H29N3O4. The summed E-state index contributed by atoms with van der Waals surface area (Å²) in [6.45, 7) is 10.8. The number of hydrogen-bond acceptors (Lipinski definition) is 5. The van der Waals surface area contributed by atoms with E-state index in [0.717, 1.165) is 13.0 Å². The number of ether oxygens (including phenoxy) is 2. The van der Waals surface area contributed by atoms with Crippen LogP contribution in [-0.4, -0.2) is 78.9 Å². The van der Waals surface area contributed by atoms with Crippen molar-refractivity contribution in [2.75, 3.05) is 39.3 Å². The number of piperazine rings is 1. The Kier molecular flexibility index (Phi) is 5.86. The average molecular weight is 327 g/mol. The molecule has 0 aliphatic carbocycles. The summed E-state index contributed by atoms with van der Waals surface area (Å²) in [6, 6.07) is 0.252. The molecule has 0 bridgehead atoms. The number of nitrogens with one attached hydrogen (secondary N) is 1. The highest BCUT2D eigenvalue weighted by Crippen LogP contribution is 2.13. The zero-order valence-electron chi connectivity index (χ0n) is 14.6. The first kappa shape index (κ1) is 18.0. The van der Waals surface area contributed by atoms with Crippen LogP contribution < -0.4 is 5.32 Å². The molecule has 2 aliphatic rings. The van der Waals surface area contributed by atoms with Crippen molar-refractivity contribution in [3.05, 3.63) is 0 Å². The van der Waals surface area contributed by atoms with Crippen molar-refractivity contribution >= 4 is 12.0 Å². The summed E-state index contributed by atoms with van der Waals surface area (Å²) >= 11 is 0. The molecule has 2 fully saturated rings. The topological polar surface area (TPSA) is 71.1 Å². The van der Waals surface area contributed by atoms with E-state index in [0.29, 0.717) is 32.7 Å². The minimum absolute atomic E-state index is 0.0768. The summed E-state index contributed by atoms with van der Waals surface area (Å²) in [5.74, 6) is 0.0768. The van der Waals surface area contributed by atoms with Crippen LogP contribution in [-0.2, 0) is 14.3 Å². The van der Waals surface area contributed by atoms with Gasteiger partial charge in [-0.2, -0.15) is 0 Å². The van der Waals surface area contributed by atoms with Crippen LogP contribution >= 0.6 is 0 Å². The highest BCUT2D eigenvalue weighted by molar-refractivity contribution is 5.78. The van der Waals surface area contributed by atoms with Crippen molar-refractivity contribution in [3.63, 3.8) is 0 Å². The molecule has 2 aliphatic heterocycles. The molecule has 2 amide bonds. The molecule has 7 heteroatoms. The van der Waals surface area contributed by atoms with E-state index in [4.69, 9.17) is 9.47 Å². The van der Waals surface area contributed by atoms with Gasteiger partial charge in [-0.15, -0.1) is 0 Å². The van der Waals surface area contributed by atoms with E-state index in [9.17, 15) is 9.59 Å². The van der Waals surface area contributed by atoms with Gasteiger partial charge in [0, 0.05) is 38.8 Å². The number of carbonyl (C=O) groups is 2. The Labute approximate surface area is 138 Å². The predicted molar refractivity (Wildman–Crippen MR) is 86.2 cm³/mol. The van der Waals surface area contributed by atoms with Crippen molar-refractivity contribution in [1.29, 1.82) is 0 Å². The van der Waals surface area contributed by atoms with E-state index in [1.165, 1.54) is 0 Å². The van der Waals surface area contributed by atoms with Crippen LogP contribution in [0.25, 0.3) is 0 Å². The molecule has 2 rings (SSSR count). The largest absolute Gasteiger partial charge is 0.444 e. The number of carbonyl (C=O) groups excluding carboxylic acids is 2. The van der Waals surface area contributed by atoms with E-state index in [1.807, 2.05) is 27.7 Å². The second kappa shape index (κ2) is 7.49. The number of hydrogen-bond donors (Lipinski definition) is 1. The molecule has 7 nitrogen and oxygen atoms in total. The number of amides is 2. The molecule has 0 saturated carbocycles. The van der Waals surface area contributed by atoms with Crippen LogP contribution in [0.1, 0.15) is 34.1 Å². The Hall–Kier alpha value is -1.34. The highest BCUT2D eigenvalue weighted by Gasteiger charge is 2.29. The smallest absolute Gasteiger partial charge is 0.410 e. The van der Waals surface area contributed by atoms with E-state index in [2.05, 4.69) is 5.32 Å². The van der Waals surface area contributed by atoms with Gasteiger partial charge in [0.15, 0.2) is 0 Å². The van der Waals surface area contributed by atoms with Gasteiger partial charge in [-0.25, -0.2) is 4.79 Å². The molecule has 2 atom stereocenters. The first-order chi connectivity index (χ1) is 10.8. The third-order valence-corrected chi connectivity index (χ3v) is 4.18. The van der Waals surface area contributed by atoms with Gasteiger partial charge in [-0.3, -0.25) is 4.79 Å². The predicted octanol–water partition coefficient (Wildman–Crippen LogP) is 0.833. The van der Waals surface area contributed by atoms with Crippen molar-refractivity contribution in [3.8, 4) is 0 Å². The zero-order valence-corrected chi connectivity index (χ0v) is 14.6. The maximum Gasteiger partial charge on any atom is 0.410 e. The fourth-order valence-corrected chi connectivity index (χ4v) is 2.79. The molecule has 0 radical (unpaired) electrons. The third-order valence-electron chi connectivity index (χ3n) is 4.18. The van der Waals surface area contributed by atoms with Gasteiger partial charge >= 0.3 is 6.09 Å². The molecule has 2 unspecified atom stereocenters. The Morgan fingerprint density at radius 3 is 2.30 bits per heavy atom. The minimum atomic E-state index is -0.492. The molecule has 0 spiro atoms. The molecule has 132 valence electrons. The normalized spacial score (nSPS) is 25.6. The molecule has 2 heterocycles. The van der Waals surface area contributed by atoms with Crippen molar-refractivity contribution in [1.82, 2.24) is 15.1 Å². The summed E-state index contributed by atoms with van der Waals surface area (Å²) in [5.41, 5.74) is -0.492. The van der Waals surface area contributed by atoms with Crippen molar-refractivity contribution in [2.45, 2.75) is 51.9 Å². The van der Waals surface area contributed by atoms with Crippen LogP contribution in [0.4, 0.5) is 4.79 Å². The lowest BCUT2D eigenvalue weighted by molar-refractivity contribution is -0.132. The molecule has 23 heavy (non-hydrogen) atoms. The fraction of sp³-hybridized carbons (Fsp3) is 0.875. The monoisotopic (exact) mass is 327 g/mol. The molecule has 0 aromatic heterocycles. The van der Waals surface area contributed by atoms with E-state index in [-0.39, 0.29) is 24.1 Å². The summed E-state index contributed by atoms with van der Waals surface area (Å²) < 4.78 is 10.8. The van der Waals surface area contributed by atoms with Gasteiger partial charge in [0.25, 0.3) is 0 Å². The average Bonchev–Trinajstić information content (AvgIpc) is 2.88. The lowest BCUT2D eigenvalue weighted by Crippen LogP contribution is -2.53. The first-order valence-electron chi connectivity index (χ1n) is 8.37. The Balaban J connectivity index is 1.71. The Morgan fingerprint density at radius 2 is 1.78 bits per heavy atom. The summed E-state index contributed by atoms with van der Waals surface area (Å²) in [7, 11) is 0. The molecule has 2 saturated heterocycles. The van der Waals surface area contributed by atoms with Gasteiger partial charge in [0.1, 0.15) is 5.60 Å². The third kappa shape index (κ3) is 5.35. The lowest BCUT2D eigenvalue weighted by Gasteiger charge is -2.35. The van der Waals surface area contributed by atoms with Crippen LogP contribution in [0.5, 0.6) is 0 Å². The fourth-order valence-electron chi connectivity index (χ4n) is 2.79. The van der Waals surface area contributed by atoms with Gasteiger partial charge in [-0.05, 0) is 34.1 Å². The highest BCUT2D eigenvalue weighted by atomic mass is 16.6. The summed E-state index contributed by atoms with van der Waals surface area (Å²) in [6.07, 6.45) is 0.799. The standard InChI is InChI=1S/C16H29N3O4/c1-12-13(5-10-22-12)17-11-14(20)18-6-8-19(9-7-18)15(21)23-16(2,3)4/h12-13,17H,5-11H2,1-4H3. The Morgan fingerprint density at radius 1 is 1.17 bits per heavy atom. The van der Waals surface area contributed by atoms with Gasteiger partial charge in [0.05, 0.1) is 12.6 Å². The number of nitrogens with zero attached hydrogens (tertiary/aromatic N) is 2. The Bertz CT molecular complexity index is 428. The zero-order chi connectivity index (χ0) is 17.0. The maximum absolute atomic E-state index is 12.3. The van der Waals surface area contributed by atoms with E-state index in [1.54, 1.807) is 9.80 Å². The summed E-state index contributed by atoms with van der Waals surface area (Å²) in [4.78, 5) is 27.7. The van der Waals surface area contributed by atoms with E-state index < -0.39 is 5.60 Å². The maximum atomic E-state index is 12.3. The van der Waals surface area contributed by atoms with Gasteiger partial charge < -0.3 is 24.6 Å². The van der Waals surface area contributed by atoms with Crippen LogP contribution in [0.15, 0.2) is 0 Å². The van der Waals surface area contributed by atoms with E-state index >= 15 is 0 Å². The van der Waals surface area contributed by atoms with Crippen molar-refractivity contribution < 1.29 is 19.1 Å². The molecular weight excluding hydrogens is 298 g/mol. The lowest BCUT2D eigenvalue weighted by atomic mass is 10.1. The molecule has 0 aromatic carbocycles.